The van der Waals surface area contributed by atoms with Crippen molar-refractivity contribution in [2.75, 3.05) is 33.3 Å². The number of methoxy groups -OCH3 is 1. The fraction of sp³-hybridized carbons (Fsp3) is 0.348. The third-order valence-electron chi connectivity index (χ3n) is 6.07. The maximum Gasteiger partial charge on any atom is 0.272 e. The Kier molecular flexibility index (Phi) is 5.23. The Labute approximate surface area is 184 Å². The highest BCUT2D eigenvalue weighted by Gasteiger charge is 2.46. The van der Waals surface area contributed by atoms with Crippen LogP contribution in [0.25, 0.3) is 11.3 Å². The van der Waals surface area contributed by atoms with Crippen LogP contribution in [0.15, 0.2) is 47.8 Å². The van der Waals surface area contributed by atoms with Crippen LogP contribution >= 0.6 is 11.3 Å². The Bertz CT molecular complexity index is 1090. The highest BCUT2D eigenvalue weighted by molar-refractivity contribution is 7.10. The molecule has 5 rings (SSSR count). The van der Waals surface area contributed by atoms with Gasteiger partial charge in [-0.25, -0.2) is 0 Å². The van der Waals surface area contributed by atoms with E-state index in [1.165, 1.54) is 4.88 Å². The van der Waals surface area contributed by atoms with Crippen LogP contribution < -0.4 is 4.74 Å². The number of carbonyl (C=O) groups excluding carboxylic acids is 2. The van der Waals surface area contributed by atoms with Crippen molar-refractivity contribution >= 4 is 23.2 Å². The molecule has 3 heterocycles. The number of nitrogens with one attached hydrogen (secondary N) is 1. The highest BCUT2D eigenvalue weighted by atomic mass is 32.1. The van der Waals surface area contributed by atoms with Crippen molar-refractivity contribution in [3.63, 3.8) is 0 Å². The predicted octanol–water partition coefficient (Wildman–Crippen LogP) is 3.23. The summed E-state index contributed by atoms with van der Waals surface area (Å²) in [5, 5.41) is 9.22. The van der Waals surface area contributed by atoms with Gasteiger partial charge < -0.3 is 14.5 Å². The SMILES string of the molecule is COc1cccc(-c2cc(C(=O)N3CCN(C(=O)C4CC4c4cccs4)CC3)[nH]n2)c1. The summed E-state index contributed by atoms with van der Waals surface area (Å²) in [6, 6.07) is 13.5. The molecule has 2 fully saturated rings. The van der Waals surface area contributed by atoms with Gasteiger partial charge in [0.15, 0.2) is 0 Å². The number of carbonyl (C=O) groups is 2. The molecule has 2 aromatic heterocycles. The number of benzene rings is 1. The largest absolute Gasteiger partial charge is 0.497 e. The number of hydrogen-bond donors (Lipinski definition) is 1. The quantitative estimate of drug-likeness (QED) is 0.666. The number of H-pyrrole nitrogens is 1. The normalized spacial score (nSPS) is 20.5. The molecule has 1 N–H and O–H groups in total. The molecule has 1 saturated carbocycles. The minimum absolute atomic E-state index is 0.0865. The Hall–Kier alpha value is -3.13. The number of hydrogen-bond acceptors (Lipinski definition) is 5. The van der Waals surface area contributed by atoms with E-state index in [4.69, 9.17) is 4.74 Å². The number of nitrogens with zero attached hydrogens (tertiary/aromatic N) is 3. The number of rotatable bonds is 5. The molecule has 160 valence electrons. The van der Waals surface area contributed by atoms with Crippen molar-refractivity contribution in [1.82, 2.24) is 20.0 Å². The highest BCUT2D eigenvalue weighted by Crippen LogP contribution is 2.50. The molecule has 2 amide bonds. The number of aromatic amines is 1. The van der Waals surface area contributed by atoms with Crippen molar-refractivity contribution in [1.29, 1.82) is 0 Å². The molecule has 0 radical (unpaired) electrons. The van der Waals surface area contributed by atoms with E-state index >= 15 is 0 Å². The van der Waals surface area contributed by atoms with Gasteiger partial charge in [-0.2, -0.15) is 5.10 Å². The molecule has 2 atom stereocenters. The van der Waals surface area contributed by atoms with Gasteiger partial charge in [-0.05, 0) is 36.1 Å². The van der Waals surface area contributed by atoms with Crippen molar-refractivity contribution in [3.8, 4) is 17.0 Å². The lowest BCUT2D eigenvalue weighted by Gasteiger charge is -2.34. The second-order valence-corrected chi connectivity index (χ2v) is 8.96. The second-order valence-electron chi connectivity index (χ2n) is 7.98. The smallest absolute Gasteiger partial charge is 0.272 e. The molecule has 31 heavy (non-hydrogen) atoms. The summed E-state index contributed by atoms with van der Waals surface area (Å²) < 4.78 is 5.26. The van der Waals surface area contributed by atoms with Crippen LogP contribution in [0.3, 0.4) is 0 Å². The van der Waals surface area contributed by atoms with Gasteiger partial charge in [-0.15, -0.1) is 11.3 Å². The van der Waals surface area contributed by atoms with E-state index in [0.29, 0.717) is 43.5 Å². The average molecular weight is 437 g/mol. The van der Waals surface area contributed by atoms with Crippen molar-refractivity contribution in [2.45, 2.75) is 12.3 Å². The lowest BCUT2D eigenvalue weighted by Crippen LogP contribution is -2.51. The van der Waals surface area contributed by atoms with Crippen LogP contribution in [0, 0.1) is 5.92 Å². The first-order chi connectivity index (χ1) is 15.1. The minimum Gasteiger partial charge on any atom is -0.497 e. The van der Waals surface area contributed by atoms with E-state index in [-0.39, 0.29) is 17.7 Å². The molecular formula is C23H24N4O3S. The zero-order valence-electron chi connectivity index (χ0n) is 17.3. The molecule has 8 heteroatoms. The zero-order valence-corrected chi connectivity index (χ0v) is 18.1. The van der Waals surface area contributed by atoms with Crippen molar-refractivity contribution in [2.24, 2.45) is 5.92 Å². The van der Waals surface area contributed by atoms with E-state index < -0.39 is 0 Å². The number of aromatic nitrogens is 2. The van der Waals surface area contributed by atoms with E-state index in [0.717, 1.165) is 17.7 Å². The topological polar surface area (TPSA) is 78.5 Å². The van der Waals surface area contributed by atoms with Crippen LogP contribution in [0.4, 0.5) is 0 Å². The van der Waals surface area contributed by atoms with Gasteiger partial charge in [0, 0.05) is 48.5 Å². The van der Waals surface area contributed by atoms with E-state index in [1.54, 1.807) is 29.4 Å². The maximum absolute atomic E-state index is 12.9. The summed E-state index contributed by atoms with van der Waals surface area (Å²) in [5.74, 6) is 1.38. The molecule has 0 bridgehead atoms. The van der Waals surface area contributed by atoms with Crippen LogP contribution in [0.2, 0.25) is 0 Å². The molecule has 1 saturated heterocycles. The van der Waals surface area contributed by atoms with E-state index in [1.807, 2.05) is 35.2 Å². The first kappa shape index (κ1) is 19.8. The van der Waals surface area contributed by atoms with Gasteiger partial charge in [0.2, 0.25) is 5.91 Å². The molecule has 1 aliphatic carbocycles. The predicted molar refractivity (Wildman–Crippen MR) is 118 cm³/mol. The first-order valence-electron chi connectivity index (χ1n) is 10.5. The molecule has 0 spiro atoms. The van der Waals surface area contributed by atoms with Gasteiger partial charge in [0.1, 0.15) is 11.4 Å². The van der Waals surface area contributed by atoms with Gasteiger partial charge in [0.05, 0.1) is 12.8 Å². The molecule has 2 aliphatic rings. The van der Waals surface area contributed by atoms with Crippen molar-refractivity contribution < 1.29 is 14.3 Å². The van der Waals surface area contributed by atoms with Crippen LogP contribution in [-0.2, 0) is 4.79 Å². The number of piperazine rings is 1. The Balaban J connectivity index is 1.18. The van der Waals surface area contributed by atoms with Gasteiger partial charge in [-0.1, -0.05) is 18.2 Å². The minimum atomic E-state index is -0.0865. The van der Waals surface area contributed by atoms with Gasteiger partial charge >= 0.3 is 0 Å². The first-order valence-corrected chi connectivity index (χ1v) is 11.3. The molecule has 1 aromatic carbocycles. The number of thiophene rings is 1. The van der Waals surface area contributed by atoms with Gasteiger partial charge in [-0.3, -0.25) is 14.7 Å². The fourth-order valence-corrected chi connectivity index (χ4v) is 5.09. The summed E-state index contributed by atoms with van der Waals surface area (Å²) >= 11 is 1.73. The Morgan fingerprint density at radius 3 is 2.65 bits per heavy atom. The summed E-state index contributed by atoms with van der Waals surface area (Å²) in [5.41, 5.74) is 2.04. The zero-order chi connectivity index (χ0) is 21.4. The third-order valence-corrected chi connectivity index (χ3v) is 7.07. The average Bonchev–Trinajstić information content (AvgIpc) is 3.20. The lowest BCUT2D eigenvalue weighted by molar-refractivity contribution is -0.134. The molecule has 2 unspecified atom stereocenters. The standard InChI is InChI=1S/C23H24N4O3S/c1-30-16-5-2-4-15(12-16)19-14-20(25-24-19)23(29)27-9-7-26(8-10-27)22(28)18-13-17(18)21-6-3-11-31-21/h2-6,11-12,14,17-18H,7-10,13H2,1H3,(H,24,25). The summed E-state index contributed by atoms with van der Waals surface area (Å²) in [6.45, 7) is 2.23. The van der Waals surface area contributed by atoms with Crippen LogP contribution in [0.5, 0.6) is 5.75 Å². The fourth-order valence-electron chi connectivity index (χ4n) is 4.18. The molecule has 7 nitrogen and oxygen atoms in total. The van der Waals surface area contributed by atoms with Crippen molar-refractivity contribution in [3.05, 3.63) is 58.4 Å². The number of ether oxygens (including phenoxy) is 1. The summed E-state index contributed by atoms with van der Waals surface area (Å²) in [6.07, 6.45) is 0.944. The second kappa shape index (κ2) is 8.19. The number of amides is 2. The molecular weight excluding hydrogens is 412 g/mol. The van der Waals surface area contributed by atoms with E-state index in [9.17, 15) is 9.59 Å². The summed E-state index contributed by atoms with van der Waals surface area (Å²) in [4.78, 5) is 30.8. The Morgan fingerprint density at radius 1 is 1.10 bits per heavy atom. The molecule has 3 aromatic rings. The third kappa shape index (κ3) is 3.95. The van der Waals surface area contributed by atoms with E-state index in [2.05, 4.69) is 21.6 Å². The Morgan fingerprint density at radius 2 is 1.90 bits per heavy atom. The van der Waals surface area contributed by atoms with Crippen LogP contribution in [-0.4, -0.2) is 65.1 Å². The maximum atomic E-state index is 12.9. The monoisotopic (exact) mass is 436 g/mol. The van der Waals surface area contributed by atoms with Gasteiger partial charge in [0.25, 0.3) is 5.91 Å². The lowest BCUT2D eigenvalue weighted by atomic mass is 10.1. The van der Waals surface area contributed by atoms with Crippen LogP contribution in [0.1, 0.15) is 27.7 Å². The molecule has 1 aliphatic heterocycles. The summed E-state index contributed by atoms with van der Waals surface area (Å²) in [7, 11) is 1.62.